The van der Waals surface area contributed by atoms with Gasteiger partial charge in [-0.15, -0.1) is 0 Å². The van der Waals surface area contributed by atoms with E-state index in [-0.39, 0.29) is 5.54 Å². The molecule has 2 heteroatoms. The Hall–Kier alpha value is -1.02. The summed E-state index contributed by atoms with van der Waals surface area (Å²) in [6.07, 6.45) is 6.05. The molecule has 0 spiro atoms. The van der Waals surface area contributed by atoms with Crippen LogP contribution in [0.15, 0.2) is 24.3 Å². The number of hydrogen-bond acceptors (Lipinski definition) is 2. The van der Waals surface area contributed by atoms with Crippen molar-refractivity contribution < 1.29 is 4.74 Å². The summed E-state index contributed by atoms with van der Waals surface area (Å²) in [4.78, 5) is 0. The molecule has 1 aromatic carbocycles. The molecule has 82 valence electrons. The summed E-state index contributed by atoms with van der Waals surface area (Å²) < 4.78 is 5.15. The van der Waals surface area contributed by atoms with E-state index in [2.05, 4.69) is 12.1 Å². The van der Waals surface area contributed by atoms with Crippen molar-refractivity contribution >= 4 is 0 Å². The quantitative estimate of drug-likeness (QED) is 0.805. The summed E-state index contributed by atoms with van der Waals surface area (Å²) in [6.45, 7) is 0. The second-order valence-corrected chi connectivity index (χ2v) is 4.45. The highest BCUT2D eigenvalue weighted by Crippen LogP contribution is 2.35. The Balaban J connectivity index is 2.20. The molecule has 15 heavy (non-hydrogen) atoms. The molecule has 1 saturated carbocycles. The molecular formula is C13H19NO. The van der Waals surface area contributed by atoms with Gasteiger partial charge in [-0.2, -0.15) is 0 Å². The van der Waals surface area contributed by atoms with Gasteiger partial charge in [0.25, 0.3) is 0 Å². The van der Waals surface area contributed by atoms with E-state index in [1.165, 1.54) is 24.8 Å². The monoisotopic (exact) mass is 205 g/mol. The van der Waals surface area contributed by atoms with Crippen molar-refractivity contribution in [2.75, 3.05) is 7.11 Å². The number of benzene rings is 1. The van der Waals surface area contributed by atoms with Crippen LogP contribution in [0.25, 0.3) is 0 Å². The first kappa shape index (κ1) is 10.5. The Kier molecular flexibility index (Phi) is 2.96. The van der Waals surface area contributed by atoms with Crippen LogP contribution in [0.1, 0.15) is 37.7 Å². The predicted octanol–water partition coefficient (Wildman–Crippen LogP) is 2.81. The second kappa shape index (κ2) is 4.23. The van der Waals surface area contributed by atoms with Crippen LogP contribution in [-0.2, 0) is 5.54 Å². The highest BCUT2D eigenvalue weighted by atomic mass is 16.5. The summed E-state index contributed by atoms with van der Waals surface area (Å²) in [6, 6.07) is 8.20. The first-order valence-corrected chi connectivity index (χ1v) is 5.68. The predicted molar refractivity (Wildman–Crippen MR) is 61.9 cm³/mol. The van der Waals surface area contributed by atoms with Crippen LogP contribution in [0.3, 0.4) is 0 Å². The Morgan fingerprint density at radius 3 is 2.20 bits per heavy atom. The largest absolute Gasteiger partial charge is 0.497 e. The molecule has 0 heterocycles. The molecule has 0 amide bonds. The summed E-state index contributed by atoms with van der Waals surface area (Å²) in [5.74, 6) is 0.901. The minimum Gasteiger partial charge on any atom is -0.497 e. The molecule has 1 aliphatic carbocycles. The molecule has 1 fully saturated rings. The second-order valence-electron chi connectivity index (χ2n) is 4.45. The first-order chi connectivity index (χ1) is 7.24. The fourth-order valence-corrected chi connectivity index (χ4v) is 2.39. The molecule has 2 N–H and O–H groups in total. The number of hydrogen-bond donors (Lipinski definition) is 1. The fourth-order valence-electron chi connectivity index (χ4n) is 2.39. The molecule has 2 rings (SSSR count). The van der Waals surface area contributed by atoms with Crippen molar-refractivity contribution in [3.63, 3.8) is 0 Å². The first-order valence-electron chi connectivity index (χ1n) is 5.68. The van der Waals surface area contributed by atoms with Crippen LogP contribution in [-0.4, -0.2) is 7.11 Å². The SMILES string of the molecule is COc1ccc(C2(N)CCCCC2)cc1. The lowest BCUT2D eigenvalue weighted by atomic mass is 9.77. The average Bonchev–Trinajstić information content (AvgIpc) is 2.30. The van der Waals surface area contributed by atoms with Gasteiger partial charge in [-0.05, 0) is 30.5 Å². The summed E-state index contributed by atoms with van der Waals surface area (Å²) in [5.41, 5.74) is 7.59. The van der Waals surface area contributed by atoms with Gasteiger partial charge in [-0.25, -0.2) is 0 Å². The van der Waals surface area contributed by atoms with Crippen molar-refractivity contribution in [1.29, 1.82) is 0 Å². The van der Waals surface area contributed by atoms with E-state index < -0.39 is 0 Å². The molecular weight excluding hydrogens is 186 g/mol. The fraction of sp³-hybridized carbons (Fsp3) is 0.538. The molecule has 0 aromatic heterocycles. The molecule has 0 bridgehead atoms. The van der Waals surface area contributed by atoms with E-state index in [0.717, 1.165) is 18.6 Å². The summed E-state index contributed by atoms with van der Waals surface area (Å²) in [7, 11) is 1.69. The number of rotatable bonds is 2. The maximum absolute atomic E-state index is 6.43. The molecule has 0 radical (unpaired) electrons. The standard InChI is InChI=1S/C13H19NO/c1-15-12-7-5-11(6-8-12)13(14)9-3-2-4-10-13/h5-8H,2-4,9-10,14H2,1H3. The lowest BCUT2D eigenvalue weighted by Gasteiger charge is -2.34. The van der Waals surface area contributed by atoms with Gasteiger partial charge in [-0.1, -0.05) is 31.4 Å². The summed E-state index contributed by atoms with van der Waals surface area (Å²) >= 11 is 0. The van der Waals surface area contributed by atoms with Gasteiger partial charge in [0.2, 0.25) is 0 Å². The normalized spacial score (nSPS) is 19.9. The Labute approximate surface area is 91.4 Å². The minimum absolute atomic E-state index is 0.0927. The highest BCUT2D eigenvalue weighted by Gasteiger charge is 2.28. The molecule has 0 aliphatic heterocycles. The Bertz CT molecular complexity index is 312. The van der Waals surface area contributed by atoms with Gasteiger partial charge < -0.3 is 10.5 Å². The molecule has 1 aliphatic rings. The topological polar surface area (TPSA) is 35.2 Å². The van der Waals surface area contributed by atoms with E-state index in [0.29, 0.717) is 0 Å². The van der Waals surface area contributed by atoms with Crippen LogP contribution in [0.5, 0.6) is 5.75 Å². The third kappa shape index (κ3) is 2.15. The van der Waals surface area contributed by atoms with Crippen molar-refractivity contribution in [2.24, 2.45) is 5.73 Å². The minimum atomic E-state index is -0.0927. The number of nitrogens with two attached hydrogens (primary N) is 1. The van der Waals surface area contributed by atoms with E-state index >= 15 is 0 Å². The third-order valence-electron chi connectivity index (χ3n) is 3.41. The Morgan fingerprint density at radius 2 is 1.67 bits per heavy atom. The van der Waals surface area contributed by atoms with E-state index in [1.807, 2.05) is 12.1 Å². The van der Waals surface area contributed by atoms with Gasteiger partial charge in [0.1, 0.15) is 5.75 Å². The van der Waals surface area contributed by atoms with Gasteiger partial charge in [-0.3, -0.25) is 0 Å². The van der Waals surface area contributed by atoms with Crippen molar-refractivity contribution in [2.45, 2.75) is 37.6 Å². The van der Waals surface area contributed by atoms with Crippen LogP contribution in [0.4, 0.5) is 0 Å². The van der Waals surface area contributed by atoms with Crippen LogP contribution >= 0.6 is 0 Å². The summed E-state index contributed by atoms with van der Waals surface area (Å²) in [5, 5.41) is 0. The maximum atomic E-state index is 6.43. The lowest BCUT2D eigenvalue weighted by molar-refractivity contribution is 0.302. The van der Waals surface area contributed by atoms with E-state index in [1.54, 1.807) is 7.11 Å². The zero-order valence-electron chi connectivity index (χ0n) is 9.33. The number of methoxy groups -OCH3 is 1. The van der Waals surface area contributed by atoms with Crippen molar-refractivity contribution in [1.82, 2.24) is 0 Å². The Morgan fingerprint density at radius 1 is 1.07 bits per heavy atom. The van der Waals surface area contributed by atoms with Gasteiger partial charge in [0, 0.05) is 5.54 Å². The molecule has 0 unspecified atom stereocenters. The van der Waals surface area contributed by atoms with E-state index in [9.17, 15) is 0 Å². The number of ether oxygens (including phenoxy) is 1. The molecule has 0 saturated heterocycles. The lowest BCUT2D eigenvalue weighted by Crippen LogP contribution is -2.38. The zero-order chi connectivity index (χ0) is 10.7. The highest BCUT2D eigenvalue weighted by molar-refractivity contribution is 5.31. The molecule has 1 aromatic rings. The van der Waals surface area contributed by atoms with Gasteiger partial charge in [0.05, 0.1) is 7.11 Å². The van der Waals surface area contributed by atoms with Crippen molar-refractivity contribution in [3.8, 4) is 5.75 Å². The van der Waals surface area contributed by atoms with Gasteiger partial charge >= 0.3 is 0 Å². The average molecular weight is 205 g/mol. The van der Waals surface area contributed by atoms with E-state index in [4.69, 9.17) is 10.5 Å². The van der Waals surface area contributed by atoms with Crippen molar-refractivity contribution in [3.05, 3.63) is 29.8 Å². The van der Waals surface area contributed by atoms with Gasteiger partial charge in [0.15, 0.2) is 0 Å². The maximum Gasteiger partial charge on any atom is 0.118 e. The zero-order valence-corrected chi connectivity index (χ0v) is 9.33. The smallest absolute Gasteiger partial charge is 0.118 e. The van der Waals surface area contributed by atoms with Crippen LogP contribution < -0.4 is 10.5 Å². The van der Waals surface area contributed by atoms with Crippen LogP contribution in [0.2, 0.25) is 0 Å². The molecule has 2 nitrogen and oxygen atoms in total. The third-order valence-corrected chi connectivity index (χ3v) is 3.41. The van der Waals surface area contributed by atoms with Crippen LogP contribution in [0, 0.1) is 0 Å². The molecule has 0 atom stereocenters.